The van der Waals surface area contributed by atoms with Crippen LogP contribution in [0, 0.1) is 0 Å². The van der Waals surface area contributed by atoms with Crippen molar-refractivity contribution >= 4 is 33.9 Å². The molecule has 2 heterocycles. The molecule has 1 aromatic heterocycles. The molecule has 0 spiro atoms. The van der Waals surface area contributed by atoms with E-state index in [-0.39, 0.29) is 5.91 Å². The number of pyridine rings is 1. The highest BCUT2D eigenvalue weighted by molar-refractivity contribution is 6.10. The molecule has 4 rings (SSSR count). The van der Waals surface area contributed by atoms with Gasteiger partial charge in [-0.3, -0.25) is 9.69 Å². The van der Waals surface area contributed by atoms with Gasteiger partial charge in [-0.15, -0.1) is 0 Å². The van der Waals surface area contributed by atoms with E-state index in [1.165, 1.54) is 25.7 Å². The first kappa shape index (κ1) is 17.6. The fourth-order valence-corrected chi connectivity index (χ4v) is 3.71. The number of aromatic nitrogens is 1. The Labute approximate surface area is 159 Å². The van der Waals surface area contributed by atoms with E-state index in [4.69, 9.17) is 4.98 Å². The molecule has 0 saturated carbocycles. The van der Waals surface area contributed by atoms with Crippen molar-refractivity contribution < 1.29 is 4.79 Å². The summed E-state index contributed by atoms with van der Waals surface area (Å²) in [5.41, 5.74) is 5.52. The molecular weight excluding hydrogens is 336 g/mol. The van der Waals surface area contributed by atoms with E-state index >= 15 is 0 Å². The Morgan fingerprint density at radius 2 is 1.56 bits per heavy atom. The summed E-state index contributed by atoms with van der Waals surface area (Å²) in [5.74, 6) is -0.0594. The molecule has 2 aromatic carbocycles. The van der Waals surface area contributed by atoms with E-state index < -0.39 is 0 Å². The van der Waals surface area contributed by atoms with E-state index in [9.17, 15) is 4.79 Å². The summed E-state index contributed by atoms with van der Waals surface area (Å²) in [7, 11) is 0. The quantitative estimate of drug-likeness (QED) is 0.438. The fourth-order valence-electron chi connectivity index (χ4n) is 3.71. The van der Waals surface area contributed by atoms with Crippen LogP contribution in [-0.2, 0) is 4.79 Å². The Morgan fingerprint density at radius 1 is 0.963 bits per heavy atom. The van der Waals surface area contributed by atoms with E-state index in [1.807, 2.05) is 48.5 Å². The summed E-state index contributed by atoms with van der Waals surface area (Å²) in [6, 6.07) is 16.0. The van der Waals surface area contributed by atoms with Gasteiger partial charge in [0.05, 0.1) is 23.8 Å². The van der Waals surface area contributed by atoms with E-state index in [0.29, 0.717) is 6.54 Å². The van der Waals surface area contributed by atoms with Crippen LogP contribution in [0.5, 0.6) is 0 Å². The Hall–Kier alpha value is -2.79. The number of para-hydroxylation sites is 2. The number of hydrazone groups is 1. The molecule has 27 heavy (non-hydrogen) atoms. The lowest BCUT2D eigenvalue weighted by Gasteiger charge is -2.17. The molecule has 1 aliphatic heterocycles. The molecule has 0 bridgehead atoms. The standard InChI is InChI=1S/C22H24N4O/c27-22(16-26-13-7-1-2-8-14-26)25-23-15-19-17-9-3-5-11-20(17)24-21-12-6-4-10-18(19)21/h3-6,9-12,15H,1-2,7-8,13-14,16H2,(H,25,27)/b23-15+. The molecule has 5 heteroatoms. The molecule has 138 valence electrons. The van der Waals surface area contributed by atoms with Crippen molar-refractivity contribution in [2.24, 2.45) is 5.10 Å². The third-order valence-electron chi connectivity index (χ3n) is 5.08. The second-order valence-electron chi connectivity index (χ2n) is 7.04. The predicted octanol–water partition coefficient (Wildman–Crippen LogP) is 3.71. The first-order chi connectivity index (χ1) is 13.3. The Morgan fingerprint density at radius 3 is 2.19 bits per heavy atom. The summed E-state index contributed by atoms with van der Waals surface area (Å²) in [4.78, 5) is 19.2. The van der Waals surface area contributed by atoms with Gasteiger partial charge in [0.1, 0.15) is 0 Å². The van der Waals surface area contributed by atoms with Gasteiger partial charge in [-0.25, -0.2) is 10.4 Å². The van der Waals surface area contributed by atoms with Crippen LogP contribution in [0.3, 0.4) is 0 Å². The normalized spacial score (nSPS) is 16.0. The highest BCUT2D eigenvalue weighted by Gasteiger charge is 2.12. The lowest BCUT2D eigenvalue weighted by Crippen LogP contribution is -2.35. The summed E-state index contributed by atoms with van der Waals surface area (Å²) >= 11 is 0. The molecule has 0 unspecified atom stereocenters. The minimum absolute atomic E-state index is 0.0594. The first-order valence-corrected chi connectivity index (χ1v) is 9.63. The van der Waals surface area contributed by atoms with Crippen LogP contribution in [-0.4, -0.2) is 41.6 Å². The largest absolute Gasteiger partial charge is 0.294 e. The third kappa shape index (κ3) is 4.14. The predicted molar refractivity (Wildman–Crippen MR) is 110 cm³/mol. The van der Waals surface area contributed by atoms with Crippen molar-refractivity contribution in [1.82, 2.24) is 15.3 Å². The average Bonchev–Trinajstić information content (AvgIpc) is 2.96. The van der Waals surface area contributed by atoms with E-state index in [1.54, 1.807) is 6.21 Å². The lowest BCUT2D eigenvalue weighted by atomic mass is 10.0. The molecule has 1 fully saturated rings. The average molecular weight is 360 g/mol. The fraction of sp³-hybridized carbons (Fsp3) is 0.318. The number of amides is 1. The van der Waals surface area contributed by atoms with Gasteiger partial charge < -0.3 is 0 Å². The number of fused-ring (bicyclic) bond motifs is 2. The SMILES string of the molecule is O=C(CN1CCCCCC1)N/N=C/c1c2ccccc2nc2ccccc12. The molecule has 0 atom stereocenters. The number of benzene rings is 2. The van der Waals surface area contributed by atoms with Gasteiger partial charge in [0.25, 0.3) is 5.91 Å². The highest BCUT2D eigenvalue weighted by atomic mass is 16.2. The maximum Gasteiger partial charge on any atom is 0.254 e. The summed E-state index contributed by atoms with van der Waals surface area (Å²) in [6.07, 6.45) is 6.61. The van der Waals surface area contributed by atoms with Gasteiger partial charge in [0, 0.05) is 16.3 Å². The molecule has 1 N–H and O–H groups in total. The third-order valence-corrected chi connectivity index (χ3v) is 5.08. The van der Waals surface area contributed by atoms with Crippen molar-refractivity contribution in [3.8, 4) is 0 Å². The van der Waals surface area contributed by atoms with Gasteiger partial charge in [0.2, 0.25) is 0 Å². The number of nitrogens with one attached hydrogen (secondary N) is 1. The van der Waals surface area contributed by atoms with Gasteiger partial charge in [-0.2, -0.15) is 5.10 Å². The van der Waals surface area contributed by atoms with Gasteiger partial charge in [0.15, 0.2) is 0 Å². The summed E-state index contributed by atoms with van der Waals surface area (Å²) in [5, 5.41) is 6.31. The van der Waals surface area contributed by atoms with E-state index in [0.717, 1.165) is 40.5 Å². The zero-order chi connectivity index (χ0) is 18.5. The van der Waals surface area contributed by atoms with Crippen LogP contribution in [0.1, 0.15) is 31.2 Å². The van der Waals surface area contributed by atoms with E-state index in [2.05, 4.69) is 15.4 Å². The zero-order valence-electron chi connectivity index (χ0n) is 15.4. The number of nitrogens with zero attached hydrogens (tertiary/aromatic N) is 3. The Bertz CT molecular complexity index is 920. The Kier molecular flexibility index (Phi) is 5.39. The van der Waals surface area contributed by atoms with Gasteiger partial charge in [-0.05, 0) is 38.1 Å². The number of hydrogen-bond donors (Lipinski definition) is 1. The summed E-state index contributed by atoms with van der Waals surface area (Å²) in [6.45, 7) is 2.41. The van der Waals surface area contributed by atoms with Crippen LogP contribution in [0.25, 0.3) is 21.8 Å². The van der Waals surface area contributed by atoms with Gasteiger partial charge in [-0.1, -0.05) is 49.2 Å². The minimum atomic E-state index is -0.0594. The molecule has 5 nitrogen and oxygen atoms in total. The number of hydrogen-bond acceptors (Lipinski definition) is 4. The monoisotopic (exact) mass is 360 g/mol. The number of likely N-dealkylation sites (tertiary alicyclic amines) is 1. The van der Waals surface area contributed by atoms with Crippen LogP contribution in [0.2, 0.25) is 0 Å². The van der Waals surface area contributed by atoms with Crippen LogP contribution in [0.4, 0.5) is 0 Å². The zero-order valence-corrected chi connectivity index (χ0v) is 15.4. The number of carbonyl (C=O) groups is 1. The molecule has 1 saturated heterocycles. The number of carbonyl (C=O) groups excluding carboxylic acids is 1. The van der Waals surface area contributed by atoms with Crippen molar-refractivity contribution in [3.63, 3.8) is 0 Å². The Balaban J connectivity index is 1.54. The second kappa shape index (κ2) is 8.27. The summed E-state index contributed by atoms with van der Waals surface area (Å²) < 4.78 is 0. The maximum atomic E-state index is 12.3. The lowest BCUT2D eigenvalue weighted by molar-refractivity contribution is -0.122. The topological polar surface area (TPSA) is 57.6 Å². The molecule has 0 aliphatic carbocycles. The first-order valence-electron chi connectivity index (χ1n) is 9.63. The second-order valence-corrected chi connectivity index (χ2v) is 7.04. The van der Waals surface area contributed by atoms with Crippen molar-refractivity contribution in [3.05, 3.63) is 54.1 Å². The van der Waals surface area contributed by atoms with Crippen LogP contribution < -0.4 is 5.43 Å². The molecule has 3 aromatic rings. The molecule has 1 aliphatic rings. The van der Waals surface area contributed by atoms with Crippen LogP contribution >= 0.6 is 0 Å². The highest BCUT2D eigenvalue weighted by Crippen LogP contribution is 2.24. The smallest absolute Gasteiger partial charge is 0.254 e. The van der Waals surface area contributed by atoms with Crippen LogP contribution in [0.15, 0.2) is 53.6 Å². The maximum absolute atomic E-state index is 12.3. The van der Waals surface area contributed by atoms with Gasteiger partial charge >= 0.3 is 0 Å². The minimum Gasteiger partial charge on any atom is -0.294 e. The molecular formula is C22H24N4O. The molecule has 0 radical (unpaired) electrons. The van der Waals surface area contributed by atoms with Crippen molar-refractivity contribution in [2.75, 3.05) is 19.6 Å². The van der Waals surface area contributed by atoms with Crippen molar-refractivity contribution in [1.29, 1.82) is 0 Å². The van der Waals surface area contributed by atoms with Crippen molar-refractivity contribution in [2.45, 2.75) is 25.7 Å². The number of rotatable bonds is 4. The molecule has 1 amide bonds.